The van der Waals surface area contributed by atoms with Crippen molar-refractivity contribution >= 4 is 6.08 Å². The molecule has 3 atom stereocenters. The molecule has 3 rings (SSSR count). The second-order valence-corrected chi connectivity index (χ2v) is 6.30. The van der Waals surface area contributed by atoms with Crippen LogP contribution in [0, 0.1) is 5.92 Å². The molecule has 0 aromatic heterocycles. The van der Waals surface area contributed by atoms with Crippen molar-refractivity contribution in [3.63, 3.8) is 0 Å². The van der Waals surface area contributed by atoms with Gasteiger partial charge in [-0.2, -0.15) is 0 Å². The van der Waals surface area contributed by atoms with Gasteiger partial charge in [-0.25, -0.2) is 0 Å². The molecule has 0 saturated carbocycles. The van der Waals surface area contributed by atoms with Crippen LogP contribution in [-0.4, -0.2) is 6.10 Å². The highest BCUT2D eigenvalue weighted by molar-refractivity contribution is 5.49. The highest BCUT2D eigenvalue weighted by Crippen LogP contribution is 2.37. The van der Waals surface area contributed by atoms with Gasteiger partial charge in [-0.05, 0) is 30.9 Å². The van der Waals surface area contributed by atoms with Gasteiger partial charge in [-0.1, -0.05) is 85.0 Å². The Labute approximate surface area is 139 Å². The summed E-state index contributed by atoms with van der Waals surface area (Å²) in [6, 6.07) is 20.9. The monoisotopic (exact) mass is 304 g/mol. The Bertz CT molecular complexity index is 657. The molecule has 1 heterocycles. The van der Waals surface area contributed by atoms with Gasteiger partial charge in [0.05, 0.1) is 12.2 Å². The van der Waals surface area contributed by atoms with Crippen molar-refractivity contribution in [2.24, 2.45) is 5.92 Å². The zero-order valence-electron chi connectivity index (χ0n) is 13.7. The van der Waals surface area contributed by atoms with Crippen molar-refractivity contribution < 1.29 is 4.74 Å². The molecule has 0 aliphatic carbocycles. The summed E-state index contributed by atoms with van der Waals surface area (Å²) in [6.45, 7) is 6.28. The van der Waals surface area contributed by atoms with Crippen molar-refractivity contribution in [1.82, 2.24) is 0 Å². The molecule has 0 N–H and O–H groups in total. The molecule has 1 saturated heterocycles. The third kappa shape index (κ3) is 4.00. The van der Waals surface area contributed by atoms with Crippen LogP contribution in [0.2, 0.25) is 0 Å². The SMILES string of the molecule is C=C(C)[C@H]1CC[C@H](c2ccccc2)O[C@@H]1/C=C/c1ccccc1. The van der Waals surface area contributed by atoms with Crippen molar-refractivity contribution in [3.8, 4) is 0 Å². The zero-order valence-corrected chi connectivity index (χ0v) is 13.7. The first-order valence-electron chi connectivity index (χ1n) is 8.33. The van der Waals surface area contributed by atoms with Gasteiger partial charge < -0.3 is 4.74 Å². The van der Waals surface area contributed by atoms with Crippen molar-refractivity contribution in [3.05, 3.63) is 90.0 Å². The highest BCUT2D eigenvalue weighted by atomic mass is 16.5. The van der Waals surface area contributed by atoms with Crippen molar-refractivity contribution in [2.75, 3.05) is 0 Å². The van der Waals surface area contributed by atoms with Crippen LogP contribution >= 0.6 is 0 Å². The minimum atomic E-state index is 0.0895. The third-order valence-corrected chi connectivity index (χ3v) is 4.54. The Balaban J connectivity index is 1.78. The highest BCUT2D eigenvalue weighted by Gasteiger charge is 2.30. The summed E-state index contributed by atoms with van der Waals surface area (Å²) in [5, 5.41) is 0. The van der Waals surface area contributed by atoms with Crippen LogP contribution in [0.4, 0.5) is 0 Å². The molecule has 0 bridgehead atoms. The molecule has 1 nitrogen and oxygen atoms in total. The number of hydrogen-bond acceptors (Lipinski definition) is 1. The molecule has 23 heavy (non-hydrogen) atoms. The van der Waals surface area contributed by atoms with E-state index in [1.807, 2.05) is 6.07 Å². The predicted octanol–water partition coefficient (Wildman–Crippen LogP) is 5.81. The molecule has 0 unspecified atom stereocenters. The Morgan fingerprint density at radius 3 is 2.30 bits per heavy atom. The van der Waals surface area contributed by atoms with Gasteiger partial charge in [-0.15, -0.1) is 0 Å². The first-order valence-corrected chi connectivity index (χ1v) is 8.33. The smallest absolute Gasteiger partial charge is 0.0833 e. The minimum Gasteiger partial charge on any atom is -0.366 e. The van der Waals surface area contributed by atoms with E-state index in [-0.39, 0.29) is 12.2 Å². The van der Waals surface area contributed by atoms with Gasteiger partial charge in [0.1, 0.15) is 0 Å². The van der Waals surface area contributed by atoms with E-state index < -0.39 is 0 Å². The molecule has 0 spiro atoms. The fraction of sp³-hybridized carbons (Fsp3) is 0.273. The third-order valence-electron chi connectivity index (χ3n) is 4.54. The maximum absolute atomic E-state index is 6.42. The largest absolute Gasteiger partial charge is 0.366 e. The van der Waals surface area contributed by atoms with Crippen LogP contribution < -0.4 is 0 Å². The molecular formula is C22H24O. The van der Waals surface area contributed by atoms with Crippen LogP contribution in [0.1, 0.15) is 37.0 Å². The van der Waals surface area contributed by atoms with E-state index in [1.165, 1.54) is 16.7 Å². The Hall–Kier alpha value is -2.12. The molecule has 0 radical (unpaired) electrons. The van der Waals surface area contributed by atoms with E-state index in [0.29, 0.717) is 5.92 Å². The lowest BCUT2D eigenvalue weighted by atomic mass is 9.85. The molecule has 0 amide bonds. The van der Waals surface area contributed by atoms with E-state index in [1.54, 1.807) is 0 Å². The van der Waals surface area contributed by atoms with Crippen LogP contribution in [0.15, 0.2) is 78.9 Å². The fourth-order valence-electron chi connectivity index (χ4n) is 3.24. The van der Waals surface area contributed by atoms with E-state index in [2.05, 4.69) is 80.3 Å². The Morgan fingerprint density at radius 1 is 1.00 bits per heavy atom. The van der Waals surface area contributed by atoms with E-state index in [0.717, 1.165) is 12.8 Å². The average Bonchev–Trinajstić information content (AvgIpc) is 2.61. The van der Waals surface area contributed by atoms with E-state index >= 15 is 0 Å². The quantitative estimate of drug-likeness (QED) is 0.647. The van der Waals surface area contributed by atoms with Gasteiger partial charge in [0.15, 0.2) is 0 Å². The molecular weight excluding hydrogens is 280 g/mol. The maximum Gasteiger partial charge on any atom is 0.0833 e. The summed E-state index contributed by atoms with van der Waals surface area (Å²) in [5.74, 6) is 0.398. The predicted molar refractivity (Wildman–Crippen MR) is 97.1 cm³/mol. The number of benzene rings is 2. The zero-order chi connectivity index (χ0) is 16.1. The first-order chi connectivity index (χ1) is 11.2. The van der Waals surface area contributed by atoms with Gasteiger partial charge >= 0.3 is 0 Å². The molecule has 1 aliphatic rings. The Morgan fingerprint density at radius 2 is 1.65 bits per heavy atom. The first kappa shape index (κ1) is 15.8. The lowest BCUT2D eigenvalue weighted by Gasteiger charge is -2.36. The van der Waals surface area contributed by atoms with E-state index in [4.69, 9.17) is 4.74 Å². The summed E-state index contributed by atoms with van der Waals surface area (Å²) in [7, 11) is 0. The van der Waals surface area contributed by atoms with Crippen LogP contribution in [0.5, 0.6) is 0 Å². The normalized spacial score (nSPS) is 24.7. The molecule has 1 heteroatoms. The molecule has 118 valence electrons. The average molecular weight is 304 g/mol. The fourth-order valence-corrected chi connectivity index (χ4v) is 3.24. The maximum atomic E-state index is 6.42. The van der Waals surface area contributed by atoms with Crippen molar-refractivity contribution in [2.45, 2.75) is 32.0 Å². The number of rotatable bonds is 4. The summed E-state index contributed by atoms with van der Waals surface area (Å²) < 4.78 is 6.42. The summed E-state index contributed by atoms with van der Waals surface area (Å²) in [5.41, 5.74) is 3.68. The van der Waals surface area contributed by atoms with Crippen molar-refractivity contribution in [1.29, 1.82) is 0 Å². The summed E-state index contributed by atoms with van der Waals surface area (Å²) in [4.78, 5) is 0. The van der Waals surface area contributed by atoms with Crippen LogP contribution in [-0.2, 0) is 4.74 Å². The summed E-state index contributed by atoms with van der Waals surface area (Å²) in [6.07, 6.45) is 6.80. The molecule has 1 fully saturated rings. The van der Waals surface area contributed by atoms with Crippen LogP contribution in [0.3, 0.4) is 0 Å². The van der Waals surface area contributed by atoms with Crippen LogP contribution in [0.25, 0.3) is 6.08 Å². The second-order valence-electron chi connectivity index (χ2n) is 6.30. The second kappa shape index (κ2) is 7.43. The minimum absolute atomic E-state index is 0.0895. The summed E-state index contributed by atoms with van der Waals surface area (Å²) >= 11 is 0. The van der Waals surface area contributed by atoms with Gasteiger partial charge in [0, 0.05) is 5.92 Å². The molecule has 2 aromatic carbocycles. The topological polar surface area (TPSA) is 9.23 Å². The Kier molecular flexibility index (Phi) is 5.09. The van der Waals surface area contributed by atoms with Gasteiger partial charge in [-0.3, -0.25) is 0 Å². The molecule has 2 aromatic rings. The van der Waals surface area contributed by atoms with Gasteiger partial charge in [0.2, 0.25) is 0 Å². The number of ether oxygens (including phenoxy) is 1. The molecule has 1 aliphatic heterocycles. The number of hydrogen-bond donors (Lipinski definition) is 0. The van der Waals surface area contributed by atoms with E-state index in [9.17, 15) is 0 Å². The lowest BCUT2D eigenvalue weighted by Crippen LogP contribution is -2.30. The lowest BCUT2D eigenvalue weighted by molar-refractivity contribution is -0.0504. The standard InChI is InChI=1S/C22H24O/c1-17(2)20-14-16-21(19-11-7-4-8-12-19)23-22(20)15-13-18-9-5-3-6-10-18/h3-13,15,20-22H,1,14,16H2,2H3/b15-13+/t20-,21-,22-/m1/s1. The van der Waals surface area contributed by atoms with Gasteiger partial charge in [0.25, 0.3) is 0 Å².